The smallest absolute Gasteiger partial charge is 0.160 e. The van der Waals surface area contributed by atoms with E-state index in [1.165, 1.54) is 87.0 Å². The van der Waals surface area contributed by atoms with Gasteiger partial charge in [-0.15, -0.1) is 0 Å². The highest BCUT2D eigenvalue weighted by Gasteiger charge is 2.35. The molecule has 10 aromatic heterocycles. The second-order valence-electron chi connectivity index (χ2n) is 30.6. The molecule has 0 aliphatic rings. The van der Waals surface area contributed by atoms with Crippen molar-refractivity contribution in [1.29, 1.82) is 0 Å². The van der Waals surface area contributed by atoms with Gasteiger partial charge in [0.2, 0.25) is 0 Å². The lowest BCUT2D eigenvalue weighted by atomic mass is 9.96. The van der Waals surface area contributed by atoms with E-state index in [4.69, 9.17) is 17.7 Å². The fourth-order valence-electron chi connectivity index (χ4n) is 20.4. The molecule has 0 aliphatic heterocycles. The maximum Gasteiger partial charge on any atom is 0.160 e. The number of rotatable bonds is 7. The number of hydrogen-bond acceptors (Lipinski definition) is 6. The van der Waals surface area contributed by atoms with Crippen LogP contribution in [-0.2, 0) is 0 Å². The summed E-state index contributed by atoms with van der Waals surface area (Å²) in [5.41, 5.74) is 27.0. The second kappa shape index (κ2) is 20.7. The Labute approximate surface area is 629 Å². The Morgan fingerprint density at radius 3 is 1.18 bits per heavy atom. The first kappa shape index (κ1) is 58.4. The Bertz CT molecular complexity index is 8850. The molecule has 27 aromatic rings. The third kappa shape index (κ3) is 7.32. The molecule has 0 radical (unpaired) electrons. The minimum Gasteiger partial charge on any atom is -0.454 e. The van der Waals surface area contributed by atoms with Gasteiger partial charge in [0, 0.05) is 119 Å². The van der Waals surface area contributed by atoms with E-state index in [2.05, 4.69) is 340 Å². The largest absolute Gasteiger partial charge is 0.454 e. The van der Waals surface area contributed by atoms with Crippen LogP contribution in [0.15, 0.2) is 327 Å². The van der Waals surface area contributed by atoms with Crippen molar-refractivity contribution < 1.29 is 17.7 Å². The standard InChI is InChI=1S/C102H57N5O4/c1-54-21-3-10-35-77(54)103(81-38-20-32-68-61-24-6-13-39-87(61)108-99(68)81)85-52-75-62-25-7-14-40-88(62)109-100(75)97-92(85)70-33-19-34-71-93-86(53-76-63-26-8-15-41-89(63)110-101(76)98(93)107(97)96(70)71)104(78-36-11-4-22-55(78)2)82-46-44-59(91-69-27-9-16-42-90(69)111-102(82)91)56-43-45-80-72(47-56)65-29-18-31-67-74-49-57-50-83-73(48-58(57)51-84(74)106(80)95(65)67)66-30-17-28-64-60-23-5-12-37-79(60)105(83)94(64)66/h3-53H,1-2H3. The molecule has 27 rings (SSSR count). The minimum absolute atomic E-state index is 0.781. The molecule has 0 fully saturated rings. The molecule has 514 valence electrons. The molecule has 0 N–H and O–H groups in total. The van der Waals surface area contributed by atoms with Crippen LogP contribution in [0.1, 0.15) is 11.1 Å². The zero-order valence-corrected chi connectivity index (χ0v) is 59.8. The van der Waals surface area contributed by atoms with Gasteiger partial charge in [-0.05, 0) is 150 Å². The van der Waals surface area contributed by atoms with E-state index in [1.54, 1.807) is 0 Å². The van der Waals surface area contributed by atoms with Crippen LogP contribution in [0.25, 0.3) is 224 Å². The van der Waals surface area contributed by atoms with Crippen LogP contribution in [0.3, 0.4) is 0 Å². The Kier molecular flexibility index (Phi) is 10.9. The third-order valence-electron chi connectivity index (χ3n) is 25.0. The lowest BCUT2D eigenvalue weighted by Crippen LogP contribution is -2.12. The first-order chi connectivity index (χ1) is 54.9. The summed E-state index contributed by atoms with van der Waals surface area (Å²) in [5, 5.41) is 25.0. The lowest BCUT2D eigenvalue weighted by Gasteiger charge is -2.29. The number of nitrogens with zero attached hydrogens (tertiary/aromatic N) is 5. The highest BCUT2D eigenvalue weighted by Crippen LogP contribution is 2.58. The van der Waals surface area contributed by atoms with Crippen LogP contribution in [0.2, 0.25) is 0 Å². The molecular weight excluding hydrogens is 1360 g/mol. The molecule has 0 unspecified atom stereocenters. The zero-order chi connectivity index (χ0) is 72.1. The maximum atomic E-state index is 7.51. The fraction of sp³-hybridized carbons (Fsp3) is 0.0196. The second-order valence-corrected chi connectivity index (χ2v) is 30.6. The molecule has 0 saturated heterocycles. The summed E-state index contributed by atoms with van der Waals surface area (Å²) in [4.78, 5) is 4.92. The molecule has 10 heterocycles. The number of aryl methyl sites for hydroxylation is 2. The number of aromatic nitrogens is 3. The Hall–Kier alpha value is -14.8. The van der Waals surface area contributed by atoms with E-state index in [9.17, 15) is 0 Å². The quantitative estimate of drug-likeness (QED) is 0.158. The molecule has 9 heteroatoms. The van der Waals surface area contributed by atoms with Gasteiger partial charge in [0.25, 0.3) is 0 Å². The molecular formula is C102H57N5O4. The molecule has 17 aromatic carbocycles. The number of benzene rings is 17. The number of anilines is 6. The molecule has 0 bridgehead atoms. The van der Waals surface area contributed by atoms with Crippen molar-refractivity contribution in [2.45, 2.75) is 13.8 Å². The van der Waals surface area contributed by atoms with Gasteiger partial charge in [0.15, 0.2) is 22.3 Å². The van der Waals surface area contributed by atoms with Crippen molar-refractivity contribution in [3.63, 3.8) is 0 Å². The van der Waals surface area contributed by atoms with Gasteiger partial charge in [-0.1, -0.05) is 206 Å². The van der Waals surface area contributed by atoms with Gasteiger partial charge in [-0.3, -0.25) is 0 Å². The molecule has 0 aliphatic carbocycles. The van der Waals surface area contributed by atoms with Crippen LogP contribution < -0.4 is 9.80 Å². The third-order valence-corrected chi connectivity index (χ3v) is 25.0. The SMILES string of the molecule is Cc1ccccc1N(c1cccc2c1oc1ccccc12)c1cc2c3ccccc3oc2c2c1c1cccc3c4c(N(c5ccccc5C)c5ccc(-c6ccc7c(c6)c6cccc8c9cc%10cc%11c(cc%10cc9n7c68)c6cccc7c8ccccc8n%11c76)c6c5oc5ccccc56)cc5c6ccccc6oc5c4n2c13. The summed E-state index contributed by atoms with van der Waals surface area (Å²) in [5.74, 6) is 0. The van der Waals surface area contributed by atoms with Crippen molar-refractivity contribution in [3.8, 4) is 11.1 Å². The van der Waals surface area contributed by atoms with Crippen LogP contribution in [0.4, 0.5) is 34.1 Å². The summed E-state index contributed by atoms with van der Waals surface area (Å²) >= 11 is 0. The number of para-hydroxylation sites is 11. The Balaban J connectivity index is 0.713. The van der Waals surface area contributed by atoms with Gasteiger partial charge in [0.1, 0.15) is 33.4 Å². The number of fused-ring (bicyclic) bond motifs is 33. The average molecular weight is 1420 g/mol. The zero-order valence-electron chi connectivity index (χ0n) is 59.8. The van der Waals surface area contributed by atoms with E-state index in [1.807, 2.05) is 6.07 Å². The molecule has 0 saturated carbocycles. The molecule has 0 amide bonds. The van der Waals surface area contributed by atoms with Crippen LogP contribution >= 0.6 is 0 Å². The predicted octanol–water partition coefficient (Wildman–Crippen LogP) is 29.1. The average Bonchev–Trinajstić information content (AvgIpc) is 1.79. The van der Waals surface area contributed by atoms with E-state index in [0.717, 1.165) is 182 Å². The van der Waals surface area contributed by atoms with Crippen molar-refractivity contribution >= 4 is 247 Å². The van der Waals surface area contributed by atoms with E-state index >= 15 is 0 Å². The lowest BCUT2D eigenvalue weighted by molar-refractivity contribution is 0.668. The molecule has 0 atom stereocenters. The van der Waals surface area contributed by atoms with Gasteiger partial charge >= 0.3 is 0 Å². The normalized spacial score (nSPS) is 12.8. The number of hydrogen-bond donors (Lipinski definition) is 0. The predicted molar refractivity (Wildman–Crippen MR) is 461 cm³/mol. The maximum absolute atomic E-state index is 7.51. The first-order valence-corrected chi connectivity index (χ1v) is 38.1. The highest BCUT2D eigenvalue weighted by atomic mass is 16.3. The Morgan fingerprint density at radius 2 is 0.613 bits per heavy atom. The summed E-state index contributed by atoms with van der Waals surface area (Å²) in [7, 11) is 0. The van der Waals surface area contributed by atoms with Crippen LogP contribution in [0.5, 0.6) is 0 Å². The van der Waals surface area contributed by atoms with Crippen molar-refractivity contribution in [2.24, 2.45) is 0 Å². The van der Waals surface area contributed by atoms with Gasteiger partial charge in [-0.25, -0.2) is 0 Å². The topological polar surface area (TPSA) is 72.3 Å². The highest BCUT2D eigenvalue weighted by molar-refractivity contribution is 6.37. The van der Waals surface area contributed by atoms with Gasteiger partial charge in [-0.2, -0.15) is 0 Å². The van der Waals surface area contributed by atoms with E-state index in [0.29, 0.717) is 0 Å². The van der Waals surface area contributed by atoms with Crippen molar-refractivity contribution in [1.82, 2.24) is 13.2 Å². The van der Waals surface area contributed by atoms with Crippen molar-refractivity contribution in [2.75, 3.05) is 9.80 Å². The van der Waals surface area contributed by atoms with Crippen molar-refractivity contribution in [3.05, 3.63) is 321 Å². The van der Waals surface area contributed by atoms with Gasteiger partial charge in [0.05, 0.1) is 61.4 Å². The van der Waals surface area contributed by atoms with Crippen LogP contribution in [0, 0.1) is 13.8 Å². The summed E-state index contributed by atoms with van der Waals surface area (Å²) < 4.78 is 36.9. The first-order valence-electron chi connectivity index (χ1n) is 38.1. The fourth-order valence-corrected chi connectivity index (χ4v) is 20.4. The summed E-state index contributed by atoms with van der Waals surface area (Å²) in [6.07, 6.45) is 0. The molecule has 111 heavy (non-hydrogen) atoms. The molecule has 0 spiro atoms. The van der Waals surface area contributed by atoms with E-state index < -0.39 is 0 Å². The minimum atomic E-state index is 0.781. The Morgan fingerprint density at radius 1 is 0.216 bits per heavy atom. The summed E-state index contributed by atoms with van der Waals surface area (Å²) in [6, 6.07) is 114. The van der Waals surface area contributed by atoms with E-state index in [-0.39, 0.29) is 0 Å². The monoisotopic (exact) mass is 1420 g/mol. The number of furan rings is 4. The molecule has 9 nitrogen and oxygen atoms in total. The van der Waals surface area contributed by atoms with Crippen LogP contribution in [-0.4, -0.2) is 13.2 Å². The summed E-state index contributed by atoms with van der Waals surface area (Å²) in [6.45, 7) is 4.43. The van der Waals surface area contributed by atoms with Gasteiger partial charge < -0.3 is 40.7 Å².